The number of amides is 2. The second-order valence-corrected chi connectivity index (χ2v) is 12.8. The fraction of sp³-hybridized carbons (Fsp3) is 0.567. The van der Waals surface area contributed by atoms with Crippen molar-refractivity contribution in [2.24, 2.45) is 0 Å². The number of alkyl halides is 3. The van der Waals surface area contributed by atoms with Crippen molar-refractivity contribution in [2.75, 3.05) is 37.7 Å². The highest BCUT2D eigenvalue weighted by Gasteiger charge is 2.45. The zero-order chi connectivity index (χ0) is 31.6. The number of morpholine rings is 1. The quantitative estimate of drug-likeness (QED) is 0.398. The molecule has 0 saturated carbocycles. The lowest BCUT2D eigenvalue weighted by molar-refractivity contribution is -0.189. The topological polar surface area (TPSA) is 96.0 Å². The van der Waals surface area contributed by atoms with Gasteiger partial charge >= 0.3 is 6.18 Å². The highest BCUT2D eigenvalue weighted by molar-refractivity contribution is 6.35. The first kappa shape index (κ1) is 32.6. The van der Waals surface area contributed by atoms with Gasteiger partial charge in [0.1, 0.15) is 17.6 Å². The van der Waals surface area contributed by atoms with E-state index in [0.717, 1.165) is 12.8 Å². The molecule has 0 spiro atoms. The van der Waals surface area contributed by atoms with Crippen LogP contribution in [0.15, 0.2) is 36.5 Å². The molecule has 4 heterocycles. The second-order valence-electron chi connectivity index (χ2n) is 11.9. The monoisotopic (exact) mass is 657 g/mol. The van der Waals surface area contributed by atoms with Crippen LogP contribution in [0.4, 0.5) is 19.0 Å². The van der Waals surface area contributed by atoms with Crippen molar-refractivity contribution in [3.63, 3.8) is 0 Å². The summed E-state index contributed by atoms with van der Waals surface area (Å²) in [6.45, 7) is 3.58. The smallest absolute Gasteiger partial charge is 0.405 e. The van der Waals surface area contributed by atoms with E-state index in [1.807, 2.05) is 0 Å². The summed E-state index contributed by atoms with van der Waals surface area (Å²) in [5.74, 6) is 0.199. The van der Waals surface area contributed by atoms with Crippen molar-refractivity contribution in [2.45, 2.75) is 75.5 Å². The van der Waals surface area contributed by atoms with Gasteiger partial charge in [-0.05, 0) is 69.9 Å². The van der Waals surface area contributed by atoms with E-state index in [1.54, 1.807) is 44.2 Å². The molecule has 2 bridgehead atoms. The van der Waals surface area contributed by atoms with E-state index in [9.17, 15) is 22.8 Å². The van der Waals surface area contributed by atoms with Crippen LogP contribution in [0.1, 0.15) is 49.9 Å². The molecular weight excluding hydrogens is 622 g/mol. The molecule has 2 N–H and O–H groups in total. The molecule has 2 aromatic rings. The summed E-state index contributed by atoms with van der Waals surface area (Å²) in [7, 11) is 0. The third-order valence-electron chi connectivity index (χ3n) is 8.47. The van der Waals surface area contributed by atoms with Crippen LogP contribution in [-0.4, -0.2) is 90.5 Å². The zero-order valence-electron chi connectivity index (χ0n) is 24.5. The lowest BCUT2D eigenvalue weighted by Crippen LogP contribution is -2.55. The van der Waals surface area contributed by atoms with Gasteiger partial charge in [-0.1, -0.05) is 23.2 Å². The average molecular weight is 659 g/mol. The summed E-state index contributed by atoms with van der Waals surface area (Å²) in [5.41, 5.74) is -0.984. The highest BCUT2D eigenvalue weighted by Crippen LogP contribution is 2.39. The molecule has 3 aliphatic heterocycles. The van der Waals surface area contributed by atoms with E-state index in [4.69, 9.17) is 32.7 Å². The molecular formula is C30H36Cl2F3N5O4. The Labute approximate surface area is 264 Å². The number of ether oxygens (including phenoxy) is 2. The third-order valence-corrected chi connectivity index (χ3v) is 9.00. The van der Waals surface area contributed by atoms with Crippen LogP contribution < -0.4 is 20.3 Å². The molecule has 5 rings (SSSR count). The van der Waals surface area contributed by atoms with Crippen LogP contribution >= 0.6 is 23.2 Å². The maximum absolute atomic E-state index is 13.7. The van der Waals surface area contributed by atoms with E-state index >= 15 is 0 Å². The summed E-state index contributed by atoms with van der Waals surface area (Å²) in [6.07, 6.45) is 0.208. The first-order valence-electron chi connectivity index (χ1n) is 14.7. The lowest BCUT2D eigenvalue weighted by atomic mass is 9.96. The van der Waals surface area contributed by atoms with Gasteiger partial charge < -0.3 is 25.0 Å². The normalized spacial score (nSPS) is 23.2. The molecule has 0 radical (unpaired) electrons. The van der Waals surface area contributed by atoms with Gasteiger partial charge in [-0.15, -0.1) is 0 Å². The van der Waals surface area contributed by atoms with Crippen LogP contribution in [0.5, 0.6) is 5.75 Å². The molecule has 9 nitrogen and oxygen atoms in total. The van der Waals surface area contributed by atoms with Crippen LogP contribution in [0, 0.1) is 0 Å². The Hall–Kier alpha value is -2.80. The average Bonchev–Trinajstić information content (AvgIpc) is 3.24. The molecule has 240 valence electrons. The van der Waals surface area contributed by atoms with Crippen molar-refractivity contribution in [1.29, 1.82) is 0 Å². The van der Waals surface area contributed by atoms with Crippen molar-refractivity contribution in [3.8, 4) is 5.75 Å². The Balaban J connectivity index is 1.16. The molecule has 0 aliphatic carbocycles. The van der Waals surface area contributed by atoms with Crippen molar-refractivity contribution < 1.29 is 32.2 Å². The summed E-state index contributed by atoms with van der Waals surface area (Å²) in [6, 6.07) is 6.59. The second kappa shape index (κ2) is 13.3. The number of nitrogens with zero attached hydrogens (tertiary/aromatic N) is 3. The minimum atomic E-state index is -4.48. The molecule has 2 amide bonds. The fourth-order valence-corrected chi connectivity index (χ4v) is 6.66. The number of hydrogen-bond acceptors (Lipinski definition) is 7. The van der Waals surface area contributed by atoms with Crippen LogP contribution in [-0.2, 0) is 9.53 Å². The number of carbonyl (C=O) groups is 2. The largest absolute Gasteiger partial charge is 0.476 e. The van der Waals surface area contributed by atoms with Gasteiger partial charge in [0, 0.05) is 49.0 Å². The summed E-state index contributed by atoms with van der Waals surface area (Å²) in [4.78, 5) is 33.9. The predicted octanol–water partition coefficient (Wildman–Crippen LogP) is 4.85. The van der Waals surface area contributed by atoms with Crippen LogP contribution in [0.25, 0.3) is 0 Å². The van der Waals surface area contributed by atoms with E-state index in [1.165, 1.54) is 11.1 Å². The van der Waals surface area contributed by atoms with Gasteiger partial charge in [-0.2, -0.15) is 13.2 Å². The zero-order valence-corrected chi connectivity index (χ0v) is 26.0. The van der Waals surface area contributed by atoms with Gasteiger partial charge in [0.2, 0.25) is 0 Å². The highest BCUT2D eigenvalue weighted by atomic mass is 35.5. The van der Waals surface area contributed by atoms with Crippen molar-refractivity contribution in [3.05, 3.63) is 52.1 Å². The first-order chi connectivity index (χ1) is 20.8. The van der Waals surface area contributed by atoms with E-state index in [-0.39, 0.29) is 55.9 Å². The number of anilines is 1. The molecule has 1 aromatic heterocycles. The van der Waals surface area contributed by atoms with Crippen molar-refractivity contribution in [1.82, 2.24) is 20.5 Å². The molecule has 14 heteroatoms. The Morgan fingerprint density at radius 2 is 1.77 bits per heavy atom. The number of halogens is 5. The SMILES string of the molecule is CC(C)(Oc1ccc(Cl)cc1Cl)C(=O)N[C@H]1C[C@H]2CC[C@@H](C1)N2c1ccc(C(=O)NCC(N2CCOCC2)C(F)(F)F)cn1. The molecule has 1 aromatic carbocycles. The predicted molar refractivity (Wildman–Crippen MR) is 160 cm³/mol. The van der Waals surface area contributed by atoms with Crippen LogP contribution in [0.3, 0.4) is 0 Å². The van der Waals surface area contributed by atoms with Gasteiger partial charge in [0.15, 0.2) is 5.60 Å². The maximum Gasteiger partial charge on any atom is 0.405 e. The third kappa shape index (κ3) is 7.52. The number of aromatic nitrogens is 1. The molecule has 3 saturated heterocycles. The molecule has 44 heavy (non-hydrogen) atoms. The van der Waals surface area contributed by atoms with Gasteiger partial charge in [-0.3, -0.25) is 14.5 Å². The molecule has 3 aliphatic rings. The number of fused-ring (bicyclic) bond motifs is 2. The summed E-state index contributed by atoms with van der Waals surface area (Å²) < 4.78 is 52.1. The lowest BCUT2D eigenvalue weighted by Gasteiger charge is -2.40. The molecule has 3 fully saturated rings. The Morgan fingerprint density at radius 3 is 2.36 bits per heavy atom. The van der Waals surface area contributed by atoms with Gasteiger partial charge in [-0.25, -0.2) is 4.98 Å². The summed E-state index contributed by atoms with van der Waals surface area (Å²) >= 11 is 12.2. The number of piperidine rings is 1. The fourth-order valence-electron chi connectivity index (χ4n) is 6.21. The Kier molecular flexibility index (Phi) is 9.84. The number of rotatable bonds is 9. The first-order valence-corrected chi connectivity index (χ1v) is 15.4. The summed E-state index contributed by atoms with van der Waals surface area (Å²) in [5, 5.41) is 6.36. The number of carbonyl (C=O) groups excluding carboxylic acids is 2. The number of benzene rings is 1. The van der Waals surface area contributed by atoms with E-state index in [2.05, 4.69) is 20.5 Å². The Morgan fingerprint density at radius 1 is 1.09 bits per heavy atom. The van der Waals surface area contributed by atoms with Gasteiger partial charge in [0.05, 0.1) is 23.8 Å². The Bertz CT molecular complexity index is 1330. The van der Waals surface area contributed by atoms with Gasteiger partial charge in [0.25, 0.3) is 11.8 Å². The maximum atomic E-state index is 13.7. The van der Waals surface area contributed by atoms with Crippen LogP contribution in [0.2, 0.25) is 10.0 Å². The molecule has 4 atom stereocenters. The van der Waals surface area contributed by atoms with E-state index < -0.39 is 30.3 Å². The molecule has 1 unspecified atom stereocenters. The van der Waals surface area contributed by atoms with Crippen molar-refractivity contribution >= 4 is 40.8 Å². The number of nitrogens with one attached hydrogen (secondary N) is 2. The number of hydrogen-bond donors (Lipinski definition) is 2. The standard InChI is InChI=1S/C30H36Cl2F3N5O4/c1-29(2,44-24-7-4-19(31)13-23(24)32)28(42)38-20-14-21-5-6-22(15-20)40(21)26-8-3-18(16-36-26)27(41)37-17-25(30(33,34)35)39-9-11-43-12-10-39/h3-4,7-8,13,16,20-22,25H,5-6,9-12,14-15,17H2,1-2H3,(H,37,41)(H,38,42)/t20-,21+,22-,25?. The minimum Gasteiger partial charge on any atom is -0.476 e. The van der Waals surface area contributed by atoms with E-state index in [0.29, 0.717) is 34.5 Å². The minimum absolute atomic E-state index is 0.0575. The number of pyridine rings is 1.